The van der Waals surface area contributed by atoms with Crippen molar-refractivity contribution in [2.75, 3.05) is 5.73 Å². The summed E-state index contributed by atoms with van der Waals surface area (Å²) >= 11 is 0. The fourth-order valence-corrected chi connectivity index (χ4v) is 2.63. The summed E-state index contributed by atoms with van der Waals surface area (Å²) in [7, 11) is 0. The first-order valence-electron chi connectivity index (χ1n) is 10.1. The van der Waals surface area contributed by atoms with E-state index < -0.39 is 0 Å². The molecule has 0 aliphatic rings. The predicted molar refractivity (Wildman–Crippen MR) is 107 cm³/mol. The molecule has 0 heterocycles. The lowest BCUT2D eigenvalue weighted by molar-refractivity contribution is 0.562. The fraction of sp³-hybridized carbons (Fsp3) is 0.727. The fourth-order valence-electron chi connectivity index (χ4n) is 2.63. The number of unbranched alkanes of at least 4 members (excludes halogenated alkanes) is 10. The van der Waals surface area contributed by atoms with E-state index in [1.54, 1.807) is 0 Å². The van der Waals surface area contributed by atoms with Gasteiger partial charge in [-0.3, -0.25) is 0 Å². The van der Waals surface area contributed by atoms with Crippen LogP contribution >= 0.6 is 0 Å². The van der Waals surface area contributed by atoms with Crippen molar-refractivity contribution in [3.8, 4) is 0 Å². The van der Waals surface area contributed by atoms with Crippen molar-refractivity contribution < 1.29 is 0 Å². The van der Waals surface area contributed by atoms with E-state index in [2.05, 4.69) is 32.9 Å². The number of hydrogen-bond donors (Lipinski definition) is 1. The molecule has 2 N–H and O–H groups in total. The Morgan fingerprint density at radius 2 is 0.957 bits per heavy atom. The van der Waals surface area contributed by atoms with Gasteiger partial charge in [0.05, 0.1) is 0 Å². The Balaban J connectivity index is 0.000000422. The van der Waals surface area contributed by atoms with Gasteiger partial charge in [0.15, 0.2) is 0 Å². The summed E-state index contributed by atoms with van der Waals surface area (Å²) in [4.78, 5) is 0. The summed E-state index contributed by atoms with van der Waals surface area (Å²) in [6.07, 6.45) is 18.1. The van der Waals surface area contributed by atoms with E-state index in [1.165, 1.54) is 89.0 Å². The van der Waals surface area contributed by atoms with E-state index in [0.29, 0.717) is 0 Å². The molecule has 0 radical (unpaired) electrons. The van der Waals surface area contributed by atoms with Crippen molar-refractivity contribution in [1.29, 1.82) is 0 Å². The van der Waals surface area contributed by atoms with E-state index in [1.807, 2.05) is 12.1 Å². The maximum atomic E-state index is 5.56. The van der Waals surface area contributed by atoms with Gasteiger partial charge >= 0.3 is 0 Å². The van der Waals surface area contributed by atoms with Gasteiger partial charge in [-0.15, -0.1) is 0 Å². The van der Waals surface area contributed by atoms with Crippen molar-refractivity contribution in [1.82, 2.24) is 0 Å². The lowest BCUT2D eigenvalue weighted by Crippen LogP contribution is -1.87. The third kappa shape index (κ3) is 15.7. The highest BCUT2D eigenvalue weighted by atomic mass is 14.5. The van der Waals surface area contributed by atoms with Crippen LogP contribution < -0.4 is 5.73 Å². The maximum Gasteiger partial charge on any atom is 0.0314 e. The third-order valence-corrected chi connectivity index (χ3v) is 4.26. The van der Waals surface area contributed by atoms with E-state index in [0.717, 1.165) is 5.69 Å². The maximum absolute atomic E-state index is 5.56. The van der Waals surface area contributed by atoms with Crippen molar-refractivity contribution >= 4 is 5.69 Å². The second-order valence-electron chi connectivity index (χ2n) is 6.67. The van der Waals surface area contributed by atoms with Crippen molar-refractivity contribution in [3.63, 3.8) is 0 Å². The zero-order chi connectivity index (χ0) is 17.2. The predicted octanol–water partition coefficient (Wildman–Crippen LogP) is 7.54. The van der Waals surface area contributed by atoms with Gasteiger partial charge in [-0.2, -0.15) is 0 Å². The highest BCUT2D eigenvalue weighted by Crippen LogP contribution is 2.10. The standard InChI is InChI=1S/C12H26.C10H15N/c1-3-5-7-9-11-12-10-8-6-4-2;1-2-3-4-9-5-7-10(11)8-6-9/h3-12H2,1-2H3;5-8H,2-4,11H2,1H3. The van der Waals surface area contributed by atoms with E-state index >= 15 is 0 Å². The van der Waals surface area contributed by atoms with E-state index in [-0.39, 0.29) is 0 Å². The molecule has 1 heteroatoms. The molecule has 0 saturated heterocycles. The van der Waals surface area contributed by atoms with Crippen molar-refractivity contribution in [3.05, 3.63) is 29.8 Å². The summed E-state index contributed by atoms with van der Waals surface area (Å²) in [5.74, 6) is 0. The first-order valence-corrected chi connectivity index (χ1v) is 10.1. The number of anilines is 1. The van der Waals surface area contributed by atoms with Gasteiger partial charge in [-0.1, -0.05) is 104 Å². The molecule has 0 spiro atoms. The summed E-state index contributed by atoms with van der Waals surface area (Å²) in [6, 6.07) is 8.13. The molecular weight excluding hydrogens is 278 g/mol. The molecule has 0 saturated carbocycles. The molecule has 1 rings (SSSR count). The molecule has 0 amide bonds. The van der Waals surface area contributed by atoms with Crippen LogP contribution in [-0.2, 0) is 6.42 Å². The van der Waals surface area contributed by atoms with Crippen LogP contribution in [0.25, 0.3) is 0 Å². The van der Waals surface area contributed by atoms with Crippen LogP contribution in [0.4, 0.5) is 5.69 Å². The van der Waals surface area contributed by atoms with Gasteiger partial charge in [0.25, 0.3) is 0 Å². The molecule has 0 fully saturated rings. The van der Waals surface area contributed by atoms with Gasteiger partial charge in [0, 0.05) is 5.69 Å². The van der Waals surface area contributed by atoms with Gasteiger partial charge in [0.1, 0.15) is 0 Å². The summed E-state index contributed by atoms with van der Waals surface area (Å²) < 4.78 is 0. The Morgan fingerprint density at radius 3 is 1.35 bits per heavy atom. The quantitative estimate of drug-likeness (QED) is 0.312. The molecule has 0 atom stereocenters. The molecule has 134 valence electrons. The Morgan fingerprint density at radius 1 is 0.565 bits per heavy atom. The molecule has 1 nitrogen and oxygen atoms in total. The summed E-state index contributed by atoms with van der Waals surface area (Å²) in [5, 5.41) is 0. The van der Waals surface area contributed by atoms with Crippen LogP contribution in [0.5, 0.6) is 0 Å². The Bertz CT molecular complexity index is 318. The minimum absolute atomic E-state index is 0.852. The number of benzene rings is 1. The van der Waals surface area contributed by atoms with Gasteiger partial charge in [-0.25, -0.2) is 0 Å². The molecule has 0 unspecified atom stereocenters. The lowest BCUT2D eigenvalue weighted by Gasteiger charge is -1.99. The van der Waals surface area contributed by atoms with Gasteiger partial charge < -0.3 is 5.73 Å². The molecule has 0 aromatic heterocycles. The van der Waals surface area contributed by atoms with Crippen LogP contribution in [0.15, 0.2) is 24.3 Å². The minimum Gasteiger partial charge on any atom is -0.399 e. The van der Waals surface area contributed by atoms with Crippen molar-refractivity contribution in [2.24, 2.45) is 0 Å². The minimum atomic E-state index is 0.852. The van der Waals surface area contributed by atoms with Crippen LogP contribution in [0, 0.1) is 0 Å². The molecule has 0 aliphatic carbocycles. The average Bonchev–Trinajstić information content (AvgIpc) is 2.57. The van der Waals surface area contributed by atoms with Gasteiger partial charge in [0.2, 0.25) is 0 Å². The highest BCUT2D eigenvalue weighted by Gasteiger charge is 1.91. The smallest absolute Gasteiger partial charge is 0.0314 e. The van der Waals surface area contributed by atoms with Crippen LogP contribution in [0.2, 0.25) is 0 Å². The Hall–Kier alpha value is -0.980. The van der Waals surface area contributed by atoms with Crippen LogP contribution in [0.1, 0.15) is 103 Å². The Labute approximate surface area is 146 Å². The lowest BCUT2D eigenvalue weighted by atomic mass is 10.1. The zero-order valence-corrected chi connectivity index (χ0v) is 16.1. The third-order valence-electron chi connectivity index (χ3n) is 4.26. The summed E-state index contributed by atoms with van der Waals surface area (Å²) in [6.45, 7) is 6.76. The van der Waals surface area contributed by atoms with Crippen LogP contribution in [-0.4, -0.2) is 0 Å². The SMILES string of the molecule is CCCCCCCCCCCC.CCCCc1ccc(N)cc1. The average molecular weight is 320 g/mol. The monoisotopic (exact) mass is 319 g/mol. The Kier molecular flexibility index (Phi) is 16.6. The first-order chi connectivity index (χ1) is 11.2. The van der Waals surface area contributed by atoms with Crippen molar-refractivity contribution in [2.45, 2.75) is 104 Å². The molecule has 1 aromatic rings. The second-order valence-corrected chi connectivity index (χ2v) is 6.67. The largest absolute Gasteiger partial charge is 0.399 e. The first kappa shape index (κ1) is 22.0. The van der Waals surface area contributed by atoms with E-state index in [4.69, 9.17) is 5.73 Å². The number of nitrogens with two attached hydrogens (primary N) is 1. The number of aryl methyl sites for hydroxylation is 1. The van der Waals surface area contributed by atoms with Crippen LogP contribution in [0.3, 0.4) is 0 Å². The zero-order valence-electron chi connectivity index (χ0n) is 16.1. The molecule has 23 heavy (non-hydrogen) atoms. The molecule has 0 bridgehead atoms. The second kappa shape index (κ2) is 17.4. The molecule has 0 aliphatic heterocycles. The molecular formula is C22H41N. The van der Waals surface area contributed by atoms with E-state index in [9.17, 15) is 0 Å². The number of hydrogen-bond acceptors (Lipinski definition) is 1. The molecule has 1 aromatic carbocycles. The topological polar surface area (TPSA) is 26.0 Å². The highest BCUT2D eigenvalue weighted by molar-refractivity contribution is 5.39. The van der Waals surface area contributed by atoms with Gasteiger partial charge in [-0.05, 0) is 30.5 Å². The normalized spacial score (nSPS) is 10.2. The number of rotatable bonds is 12. The summed E-state index contributed by atoms with van der Waals surface area (Å²) in [5.41, 5.74) is 7.80. The number of nitrogen functional groups attached to an aromatic ring is 1.